The van der Waals surface area contributed by atoms with Gasteiger partial charge in [0, 0.05) is 5.56 Å². The number of ether oxygens (including phenoxy) is 1. The quantitative estimate of drug-likeness (QED) is 0.445. The molecule has 6 nitrogen and oxygen atoms in total. The highest BCUT2D eigenvalue weighted by molar-refractivity contribution is 6.39. The first-order valence-corrected chi connectivity index (χ1v) is 9.41. The molecule has 1 aliphatic rings. The van der Waals surface area contributed by atoms with E-state index >= 15 is 0 Å². The van der Waals surface area contributed by atoms with Gasteiger partial charge in [-0.25, -0.2) is 14.1 Å². The lowest BCUT2D eigenvalue weighted by Gasteiger charge is -2.15. The van der Waals surface area contributed by atoms with Gasteiger partial charge in [-0.3, -0.25) is 9.59 Å². The molecule has 3 aromatic rings. The summed E-state index contributed by atoms with van der Waals surface area (Å²) in [5, 5.41) is 9.15. The minimum atomic E-state index is -0.805. The van der Waals surface area contributed by atoms with Crippen LogP contribution >= 0.6 is 11.6 Å². The summed E-state index contributed by atoms with van der Waals surface area (Å²) in [5.74, 6) is -2.59. The topological polar surface area (TPSA) is 87.5 Å². The average molecular weight is 435 g/mol. The Balaban J connectivity index is 1.57. The van der Waals surface area contributed by atoms with Crippen LogP contribution in [-0.4, -0.2) is 17.8 Å². The van der Waals surface area contributed by atoms with Crippen LogP contribution in [-0.2, 0) is 11.3 Å². The third kappa shape index (κ3) is 3.65. The van der Waals surface area contributed by atoms with Crippen LogP contribution in [0.15, 0.2) is 60.7 Å². The number of halogens is 2. The normalized spacial score (nSPS) is 12.5. The molecule has 1 aliphatic heterocycles. The summed E-state index contributed by atoms with van der Waals surface area (Å²) in [6.07, 6.45) is 0. The van der Waals surface area contributed by atoms with Crippen LogP contribution in [0.25, 0.3) is 0 Å². The Morgan fingerprint density at radius 3 is 2.52 bits per heavy atom. The fraction of sp³-hybridized carbons (Fsp3) is 0.0435. The summed E-state index contributed by atoms with van der Waals surface area (Å²) in [5.41, 5.74) is 0.717. The summed E-state index contributed by atoms with van der Waals surface area (Å²) in [4.78, 5) is 38.9. The largest absolute Gasteiger partial charge is 0.457 e. The Morgan fingerprint density at radius 2 is 1.77 bits per heavy atom. The maximum atomic E-state index is 13.9. The predicted molar refractivity (Wildman–Crippen MR) is 109 cm³/mol. The molecule has 0 aliphatic carbocycles. The summed E-state index contributed by atoms with van der Waals surface area (Å²) >= 11 is 6.12. The third-order valence-electron chi connectivity index (χ3n) is 4.75. The lowest BCUT2D eigenvalue weighted by atomic mass is 10.1. The van der Waals surface area contributed by atoms with Gasteiger partial charge in [0.1, 0.15) is 12.4 Å². The van der Waals surface area contributed by atoms with E-state index in [9.17, 15) is 18.8 Å². The van der Waals surface area contributed by atoms with Gasteiger partial charge in [0.2, 0.25) is 0 Å². The SMILES string of the molecule is N#Cc1ccc(F)c(COC(=O)c2ccc3c(c2)C(=O)N(c2ccccc2Cl)C3=O)c1. The van der Waals surface area contributed by atoms with Crippen molar-refractivity contribution in [3.8, 4) is 6.07 Å². The number of hydrogen-bond acceptors (Lipinski definition) is 5. The Labute approximate surface area is 181 Å². The molecule has 0 atom stereocenters. The van der Waals surface area contributed by atoms with E-state index < -0.39 is 30.2 Å². The lowest BCUT2D eigenvalue weighted by Crippen LogP contribution is -2.29. The van der Waals surface area contributed by atoms with Crippen molar-refractivity contribution in [2.45, 2.75) is 6.61 Å². The number of benzene rings is 3. The number of carbonyl (C=O) groups excluding carboxylic acids is 3. The number of hydrogen-bond donors (Lipinski definition) is 0. The van der Waals surface area contributed by atoms with E-state index in [0.717, 1.165) is 11.0 Å². The van der Waals surface area contributed by atoms with E-state index in [1.54, 1.807) is 24.3 Å². The van der Waals surface area contributed by atoms with Crippen LogP contribution in [0.3, 0.4) is 0 Å². The van der Waals surface area contributed by atoms with Crippen molar-refractivity contribution < 1.29 is 23.5 Å². The smallest absolute Gasteiger partial charge is 0.338 e. The molecule has 8 heteroatoms. The molecule has 3 aromatic carbocycles. The van der Waals surface area contributed by atoms with E-state index in [1.165, 1.54) is 30.3 Å². The van der Waals surface area contributed by atoms with Crippen molar-refractivity contribution in [3.63, 3.8) is 0 Å². The number of nitriles is 1. The third-order valence-corrected chi connectivity index (χ3v) is 5.07. The molecule has 152 valence electrons. The number of fused-ring (bicyclic) bond motifs is 1. The molecule has 2 amide bonds. The average Bonchev–Trinajstić information content (AvgIpc) is 3.03. The number of anilines is 1. The molecule has 0 aromatic heterocycles. The van der Waals surface area contributed by atoms with Crippen LogP contribution in [0.4, 0.5) is 10.1 Å². The van der Waals surface area contributed by atoms with Gasteiger partial charge in [0.05, 0.1) is 39.0 Å². The molecule has 0 bridgehead atoms. The highest BCUT2D eigenvalue weighted by Crippen LogP contribution is 2.33. The first-order chi connectivity index (χ1) is 14.9. The van der Waals surface area contributed by atoms with Crippen molar-refractivity contribution in [2.24, 2.45) is 0 Å². The van der Waals surface area contributed by atoms with Gasteiger partial charge in [0.25, 0.3) is 11.8 Å². The van der Waals surface area contributed by atoms with Crippen molar-refractivity contribution in [2.75, 3.05) is 4.90 Å². The van der Waals surface area contributed by atoms with Gasteiger partial charge in [-0.05, 0) is 48.5 Å². The fourth-order valence-electron chi connectivity index (χ4n) is 3.20. The van der Waals surface area contributed by atoms with Crippen molar-refractivity contribution in [1.29, 1.82) is 5.26 Å². The Kier molecular flexibility index (Phi) is 5.24. The first-order valence-electron chi connectivity index (χ1n) is 9.03. The number of carbonyl (C=O) groups is 3. The highest BCUT2D eigenvalue weighted by atomic mass is 35.5. The van der Waals surface area contributed by atoms with Gasteiger partial charge in [-0.15, -0.1) is 0 Å². The van der Waals surface area contributed by atoms with Crippen LogP contribution in [0, 0.1) is 17.1 Å². The highest BCUT2D eigenvalue weighted by Gasteiger charge is 2.38. The minimum Gasteiger partial charge on any atom is -0.457 e. The lowest BCUT2D eigenvalue weighted by molar-refractivity contribution is 0.0468. The van der Waals surface area contributed by atoms with Gasteiger partial charge in [-0.2, -0.15) is 5.26 Å². The van der Waals surface area contributed by atoms with Crippen LogP contribution in [0.2, 0.25) is 5.02 Å². The van der Waals surface area contributed by atoms with Crippen molar-refractivity contribution in [3.05, 3.63) is 99.3 Å². The predicted octanol–water partition coefficient (Wildman–Crippen LogP) is 4.51. The van der Waals surface area contributed by atoms with E-state index in [0.29, 0.717) is 0 Å². The van der Waals surface area contributed by atoms with Crippen LogP contribution < -0.4 is 4.90 Å². The van der Waals surface area contributed by atoms with Gasteiger partial charge in [-0.1, -0.05) is 23.7 Å². The summed E-state index contributed by atoms with van der Waals surface area (Å²) in [7, 11) is 0. The number of para-hydroxylation sites is 1. The molecule has 31 heavy (non-hydrogen) atoms. The van der Waals surface area contributed by atoms with Crippen molar-refractivity contribution in [1.82, 2.24) is 0 Å². The molecule has 0 saturated carbocycles. The molecule has 0 unspecified atom stereocenters. The minimum absolute atomic E-state index is 0.0257. The van der Waals surface area contributed by atoms with E-state index in [1.807, 2.05) is 6.07 Å². The Bertz CT molecular complexity index is 1300. The van der Waals surface area contributed by atoms with E-state index in [-0.39, 0.29) is 38.5 Å². The number of esters is 1. The summed E-state index contributed by atoms with van der Waals surface area (Å²) < 4.78 is 19.0. The molecule has 0 N–H and O–H groups in total. The monoisotopic (exact) mass is 434 g/mol. The number of rotatable bonds is 4. The maximum Gasteiger partial charge on any atom is 0.338 e. The number of imide groups is 1. The second kappa shape index (κ2) is 8.01. The Morgan fingerprint density at radius 1 is 1.03 bits per heavy atom. The van der Waals surface area contributed by atoms with Crippen LogP contribution in [0.5, 0.6) is 0 Å². The van der Waals surface area contributed by atoms with Crippen LogP contribution in [0.1, 0.15) is 42.2 Å². The first kappa shape index (κ1) is 20.3. The zero-order valence-electron chi connectivity index (χ0n) is 15.8. The number of amides is 2. The van der Waals surface area contributed by atoms with Gasteiger partial charge in [0.15, 0.2) is 0 Å². The molecular formula is C23H12ClFN2O4. The number of nitrogens with zero attached hydrogens (tertiary/aromatic N) is 2. The summed E-state index contributed by atoms with van der Waals surface area (Å²) in [6, 6.07) is 16.0. The zero-order chi connectivity index (χ0) is 22.1. The molecule has 0 saturated heterocycles. The van der Waals surface area contributed by atoms with Gasteiger partial charge < -0.3 is 4.74 Å². The molecule has 0 fully saturated rings. The molecule has 0 spiro atoms. The van der Waals surface area contributed by atoms with E-state index in [2.05, 4.69) is 0 Å². The molecule has 4 rings (SSSR count). The maximum absolute atomic E-state index is 13.9. The second-order valence-electron chi connectivity index (χ2n) is 6.65. The van der Waals surface area contributed by atoms with Gasteiger partial charge >= 0.3 is 5.97 Å². The molecule has 0 radical (unpaired) electrons. The summed E-state index contributed by atoms with van der Waals surface area (Å²) in [6.45, 7) is -0.393. The standard InChI is InChI=1S/C23H12ClFN2O4/c24-18-3-1-2-4-20(18)27-21(28)16-7-6-14(10-17(16)22(27)29)23(30)31-12-15-9-13(11-26)5-8-19(15)25/h1-10H,12H2. The van der Waals surface area contributed by atoms with E-state index in [4.69, 9.17) is 21.6 Å². The fourth-order valence-corrected chi connectivity index (χ4v) is 3.42. The second-order valence-corrected chi connectivity index (χ2v) is 7.06. The van der Waals surface area contributed by atoms with Crippen molar-refractivity contribution >= 4 is 35.1 Å². The Hall–Kier alpha value is -4.02. The molecular weight excluding hydrogens is 423 g/mol. The zero-order valence-corrected chi connectivity index (χ0v) is 16.5. The molecule has 1 heterocycles.